The van der Waals surface area contributed by atoms with E-state index in [9.17, 15) is 8.42 Å². The zero-order valence-corrected chi connectivity index (χ0v) is 11.8. The number of aliphatic hydroxyl groups is 1. The van der Waals surface area contributed by atoms with E-state index < -0.39 is 15.6 Å². The molecular formula is C11H25NO3S. The van der Waals surface area contributed by atoms with Crippen LogP contribution in [0, 0.1) is 5.41 Å². The molecular weight excluding hydrogens is 226 g/mol. The van der Waals surface area contributed by atoms with Crippen LogP contribution in [0.5, 0.6) is 0 Å². The Labute approximate surface area is 99.5 Å². The van der Waals surface area contributed by atoms with E-state index in [0.29, 0.717) is 12.8 Å². The average molecular weight is 251 g/mol. The van der Waals surface area contributed by atoms with Crippen LogP contribution in [-0.4, -0.2) is 31.4 Å². The maximum absolute atomic E-state index is 11.8. The fourth-order valence-corrected chi connectivity index (χ4v) is 3.03. The second kappa shape index (κ2) is 5.47. The molecule has 1 unspecified atom stereocenters. The van der Waals surface area contributed by atoms with Crippen LogP contribution < -0.4 is 4.72 Å². The van der Waals surface area contributed by atoms with Gasteiger partial charge in [-0.2, -0.15) is 0 Å². The van der Waals surface area contributed by atoms with Crippen molar-refractivity contribution in [1.82, 2.24) is 4.72 Å². The molecule has 0 saturated carbocycles. The first kappa shape index (κ1) is 15.9. The van der Waals surface area contributed by atoms with Gasteiger partial charge in [0.1, 0.15) is 0 Å². The Hall–Kier alpha value is -0.130. The summed E-state index contributed by atoms with van der Waals surface area (Å²) < 4.78 is 26.1. The largest absolute Gasteiger partial charge is 0.394 e. The Bertz CT molecular complexity index is 300. The quantitative estimate of drug-likeness (QED) is 0.752. The van der Waals surface area contributed by atoms with Gasteiger partial charge < -0.3 is 5.11 Å². The predicted octanol–water partition coefficient (Wildman–Crippen LogP) is 1.50. The van der Waals surface area contributed by atoms with Gasteiger partial charge in [-0.1, -0.05) is 27.7 Å². The molecule has 0 amide bonds. The Kier molecular flexibility index (Phi) is 5.42. The molecule has 0 aliphatic carbocycles. The van der Waals surface area contributed by atoms with Gasteiger partial charge in [0.05, 0.1) is 17.9 Å². The molecule has 0 aromatic rings. The van der Waals surface area contributed by atoms with Gasteiger partial charge in [-0.05, 0) is 25.2 Å². The summed E-state index contributed by atoms with van der Waals surface area (Å²) in [6.07, 6.45) is 1.17. The third-order valence-electron chi connectivity index (χ3n) is 2.65. The molecule has 1 atom stereocenters. The molecule has 0 aromatic carbocycles. The van der Waals surface area contributed by atoms with Gasteiger partial charge in [0, 0.05) is 0 Å². The van der Waals surface area contributed by atoms with Crippen molar-refractivity contribution in [3.63, 3.8) is 0 Å². The minimum Gasteiger partial charge on any atom is -0.394 e. The second-order valence-electron chi connectivity index (χ2n) is 5.80. The van der Waals surface area contributed by atoms with Crippen LogP contribution in [-0.2, 0) is 10.0 Å². The molecule has 2 N–H and O–H groups in total. The molecule has 0 radical (unpaired) electrons. The summed E-state index contributed by atoms with van der Waals surface area (Å²) in [6.45, 7) is 9.40. The van der Waals surface area contributed by atoms with Crippen molar-refractivity contribution in [2.24, 2.45) is 5.41 Å². The topological polar surface area (TPSA) is 66.4 Å². The third kappa shape index (κ3) is 6.45. The highest BCUT2D eigenvalue weighted by Gasteiger charge is 2.28. The van der Waals surface area contributed by atoms with Crippen molar-refractivity contribution < 1.29 is 13.5 Å². The van der Waals surface area contributed by atoms with Crippen LogP contribution >= 0.6 is 0 Å². The summed E-state index contributed by atoms with van der Waals surface area (Å²) in [5.74, 6) is 0.103. The zero-order valence-electron chi connectivity index (χ0n) is 11.0. The maximum Gasteiger partial charge on any atom is 0.212 e. The lowest BCUT2D eigenvalue weighted by molar-refractivity contribution is 0.191. The highest BCUT2D eigenvalue weighted by atomic mass is 32.2. The minimum absolute atomic E-state index is 0.00339. The Balaban J connectivity index is 4.47. The summed E-state index contributed by atoms with van der Waals surface area (Å²) in [5, 5.41) is 9.15. The Morgan fingerprint density at radius 3 is 2.00 bits per heavy atom. The Morgan fingerprint density at radius 1 is 1.19 bits per heavy atom. The third-order valence-corrected chi connectivity index (χ3v) is 4.20. The molecule has 0 heterocycles. The van der Waals surface area contributed by atoms with E-state index in [2.05, 4.69) is 4.72 Å². The van der Waals surface area contributed by atoms with Crippen molar-refractivity contribution in [3.8, 4) is 0 Å². The van der Waals surface area contributed by atoms with Crippen LogP contribution in [0.15, 0.2) is 0 Å². The minimum atomic E-state index is -3.31. The lowest BCUT2D eigenvalue weighted by atomic mass is 9.94. The van der Waals surface area contributed by atoms with Crippen LogP contribution in [0.4, 0.5) is 0 Å². The molecule has 0 bridgehead atoms. The first-order chi connectivity index (χ1) is 7.04. The standard InChI is InChI=1S/C11H25NO3S/c1-6-11(5,9-13)12-16(14,15)8-7-10(2,3)4/h12-13H,6-9H2,1-5H3. The number of sulfonamides is 1. The van der Waals surface area contributed by atoms with Gasteiger partial charge in [0.25, 0.3) is 0 Å². The molecule has 4 nitrogen and oxygen atoms in total. The normalized spacial score (nSPS) is 17.1. The second-order valence-corrected chi connectivity index (χ2v) is 7.65. The molecule has 0 rings (SSSR count). The number of nitrogens with one attached hydrogen (secondary N) is 1. The first-order valence-electron chi connectivity index (χ1n) is 5.66. The van der Waals surface area contributed by atoms with Crippen molar-refractivity contribution in [3.05, 3.63) is 0 Å². The molecule has 16 heavy (non-hydrogen) atoms. The number of rotatable bonds is 6. The van der Waals surface area contributed by atoms with E-state index in [1.165, 1.54) is 0 Å². The van der Waals surface area contributed by atoms with E-state index in [1.54, 1.807) is 6.92 Å². The molecule has 5 heteroatoms. The maximum atomic E-state index is 11.8. The fourth-order valence-electron chi connectivity index (χ4n) is 1.08. The monoisotopic (exact) mass is 251 g/mol. The lowest BCUT2D eigenvalue weighted by Gasteiger charge is -2.27. The summed E-state index contributed by atoms with van der Waals surface area (Å²) in [7, 11) is -3.31. The molecule has 0 aliphatic rings. The molecule has 0 aliphatic heterocycles. The zero-order chi connectivity index (χ0) is 13.0. The Morgan fingerprint density at radius 2 is 1.69 bits per heavy atom. The van der Waals surface area contributed by atoms with E-state index >= 15 is 0 Å². The number of hydrogen-bond acceptors (Lipinski definition) is 3. The van der Waals surface area contributed by atoms with E-state index in [0.717, 1.165) is 0 Å². The summed E-state index contributed by atoms with van der Waals surface area (Å²) in [4.78, 5) is 0. The van der Waals surface area contributed by atoms with Crippen molar-refractivity contribution in [2.45, 2.75) is 53.0 Å². The van der Waals surface area contributed by atoms with Crippen molar-refractivity contribution in [2.75, 3.05) is 12.4 Å². The summed E-state index contributed by atoms with van der Waals surface area (Å²) >= 11 is 0. The van der Waals surface area contributed by atoms with Crippen molar-refractivity contribution in [1.29, 1.82) is 0 Å². The SMILES string of the molecule is CCC(C)(CO)NS(=O)(=O)CCC(C)(C)C. The van der Waals surface area contributed by atoms with E-state index in [-0.39, 0.29) is 17.8 Å². The molecule has 98 valence electrons. The lowest BCUT2D eigenvalue weighted by Crippen LogP contribution is -2.49. The van der Waals surface area contributed by atoms with Crippen LogP contribution in [0.2, 0.25) is 0 Å². The van der Waals surface area contributed by atoms with Crippen molar-refractivity contribution >= 4 is 10.0 Å². The van der Waals surface area contributed by atoms with Crippen LogP contribution in [0.1, 0.15) is 47.5 Å². The van der Waals surface area contributed by atoms with Gasteiger partial charge in [0.15, 0.2) is 0 Å². The predicted molar refractivity (Wildman–Crippen MR) is 66.8 cm³/mol. The molecule has 0 saturated heterocycles. The van der Waals surface area contributed by atoms with E-state index in [4.69, 9.17) is 5.11 Å². The van der Waals surface area contributed by atoms with Gasteiger partial charge >= 0.3 is 0 Å². The highest BCUT2D eigenvalue weighted by Crippen LogP contribution is 2.20. The highest BCUT2D eigenvalue weighted by molar-refractivity contribution is 7.89. The molecule has 0 spiro atoms. The number of hydrogen-bond donors (Lipinski definition) is 2. The van der Waals surface area contributed by atoms with Crippen LogP contribution in [0.25, 0.3) is 0 Å². The summed E-state index contributed by atoms with van der Waals surface area (Å²) in [5.41, 5.74) is -0.743. The number of aliphatic hydroxyl groups excluding tert-OH is 1. The van der Waals surface area contributed by atoms with Gasteiger partial charge in [-0.3, -0.25) is 0 Å². The first-order valence-corrected chi connectivity index (χ1v) is 7.31. The van der Waals surface area contributed by atoms with Gasteiger partial charge in [0.2, 0.25) is 10.0 Å². The smallest absolute Gasteiger partial charge is 0.212 e. The average Bonchev–Trinajstić information content (AvgIpc) is 2.13. The fraction of sp³-hybridized carbons (Fsp3) is 1.00. The molecule has 0 aromatic heterocycles. The van der Waals surface area contributed by atoms with Gasteiger partial charge in [-0.25, -0.2) is 13.1 Å². The van der Waals surface area contributed by atoms with Gasteiger partial charge in [-0.15, -0.1) is 0 Å². The van der Waals surface area contributed by atoms with E-state index in [1.807, 2.05) is 27.7 Å². The summed E-state index contributed by atoms with van der Waals surface area (Å²) in [6, 6.07) is 0. The van der Waals surface area contributed by atoms with Crippen LogP contribution in [0.3, 0.4) is 0 Å². The molecule has 0 fully saturated rings.